The van der Waals surface area contributed by atoms with Gasteiger partial charge in [-0.2, -0.15) is 4.98 Å². The van der Waals surface area contributed by atoms with E-state index in [1.807, 2.05) is 24.3 Å². The molecule has 0 unspecified atom stereocenters. The van der Waals surface area contributed by atoms with Crippen molar-refractivity contribution in [2.45, 2.75) is 44.1 Å². The maximum Gasteiger partial charge on any atom is 0.231 e. The Bertz CT molecular complexity index is 714. The van der Waals surface area contributed by atoms with Crippen LogP contribution < -0.4 is 11.1 Å². The van der Waals surface area contributed by atoms with E-state index in [2.05, 4.69) is 15.5 Å². The summed E-state index contributed by atoms with van der Waals surface area (Å²) in [5.74, 6) is 1.52. The van der Waals surface area contributed by atoms with E-state index in [-0.39, 0.29) is 11.8 Å². The predicted molar refractivity (Wildman–Crippen MR) is 84.6 cm³/mol. The topological polar surface area (TPSA) is 94.0 Å². The number of rotatable bonds is 5. The third-order valence-electron chi connectivity index (χ3n) is 4.68. The molecule has 4 rings (SSSR count). The summed E-state index contributed by atoms with van der Waals surface area (Å²) in [6.45, 7) is 0. The second-order valence-electron chi connectivity index (χ2n) is 6.66. The van der Waals surface area contributed by atoms with E-state index in [1.165, 1.54) is 0 Å². The van der Waals surface area contributed by atoms with Gasteiger partial charge in [0.1, 0.15) is 0 Å². The van der Waals surface area contributed by atoms with Crippen molar-refractivity contribution in [3.63, 3.8) is 0 Å². The Morgan fingerprint density at radius 1 is 1.30 bits per heavy atom. The van der Waals surface area contributed by atoms with Gasteiger partial charge in [0.2, 0.25) is 11.8 Å². The quantitative estimate of drug-likeness (QED) is 0.883. The first-order valence-electron chi connectivity index (χ1n) is 8.14. The lowest BCUT2D eigenvalue weighted by molar-refractivity contribution is -0.117. The molecule has 0 radical (unpaired) electrons. The summed E-state index contributed by atoms with van der Waals surface area (Å²) in [5, 5.41) is 6.95. The van der Waals surface area contributed by atoms with Crippen molar-refractivity contribution in [3.8, 4) is 0 Å². The number of hydrogen-bond acceptors (Lipinski definition) is 5. The van der Waals surface area contributed by atoms with Crippen LogP contribution in [0.3, 0.4) is 0 Å². The van der Waals surface area contributed by atoms with E-state index in [4.69, 9.17) is 10.3 Å². The molecule has 120 valence electrons. The largest absolute Gasteiger partial charge is 0.339 e. The molecule has 0 aliphatic heterocycles. The zero-order valence-corrected chi connectivity index (χ0v) is 12.9. The smallest absolute Gasteiger partial charge is 0.231 e. The SMILES string of the molecule is NC1(c2noc(Cc3ccc(NC(=O)C4CC4)cc3)n2)CCC1. The summed E-state index contributed by atoms with van der Waals surface area (Å²) in [4.78, 5) is 16.2. The van der Waals surface area contributed by atoms with Crippen LogP contribution in [0.4, 0.5) is 5.69 Å². The van der Waals surface area contributed by atoms with E-state index in [0.29, 0.717) is 18.1 Å². The van der Waals surface area contributed by atoms with E-state index < -0.39 is 5.54 Å². The minimum atomic E-state index is -0.390. The Balaban J connectivity index is 1.39. The predicted octanol–water partition coefficient (Wildman–Crippen LogP) is 2.35. The normalized spacial score (nSPS) is 19.2. The van der Waals surface area contributed by atoms with Crippen LogP contribution in [0.15, 0.2) is 28.8 Å². The van der Waals surface area contributed by atoms with Crippen molar-refractivity contribution < 1.29 is 9.32 Å². The van der Waals surface area contributed by atoms with Gasteiger partial charge in [-0.1, -0.05) is 17.3 Å². The molecule has 23 heavy (non-hydrogen) atoms. The van der Waals surface area contributed by atoms with Crippen molar-refractivity contribution in [1.82, 2.24) is 10.1 Å². The molecule has 1 amide bonds. The summed E-state index contributed by atoms with van der Waals surface area (Å²) in [7, 11) is 0. The van der Waals surface area contributed by atoms with Crippen LogP contribution in [0, 0.1) is 5.92 Å². The van der Waals surface area contributed by atoms with Crippen LogP contribution in [-0.4, -0.2) is 16.0 Å². The van der Waals surface area contributed by atoms with Gasteiger partial charge >= 0.3 is 0 Å². The highest BCUT2D eigenvalue weighted by molar-refractivity contribution is 5.93. The van der Waals surface area contributed by atoms with E-state index in [0.717, 1.165) is 43.4 Å². The molecule has 6 heteroatoms. The number of nitrogens with zero attached hydrogens (tertiary/aromatic N) is 2. The molecule has 3 N–H and O–H groups in total. The van der Waals surface area contributed by atoms with Crippen molar-refractivity contribution >= 4 is 11.6 Å². The molecule has 1 aromatic carbocycles. The standard InChI is InChI=1S/C17H20N4O2/c18-17(8-1-9-17)16-20-14(23-21-16)10-11-2-6-13(7-3-11)19-15(22)12-4-5-12/h2-3,6-7,12H,1,4-5,8-10,18H2,(H,19,22). The summed E-state index contributed by atoms with van der Waals surface area (Å²) in [6, 6.07) is 7.74. The third-order valence-corrected chi connectivity index (χ3v) is 4.68. The molecule has 2 aliphatic carbocycles. The molecule has 2 aromatic rings. The van der Waals surface area contributed by atoms with Gasteiger partial charge in [0, 0.05) is 11.6 Å². The summed E-state index contributed by atoms with van der Waals surface area (Å²) in [5.41, 5.74) is 7.70. The molecular weight excluding hydrogens is 292 g/mol. The maximum atomic E-state index is 11.7. The molecule has 2 fully saturated rings. The number of amides is 1. The van der Waals surface area contributed by atoms with Crippen LogP contribution >= 0.6 is 0 Å². The molecule has 2 saturated carbocycles. The zero-order chi connectivity index (χ0) is 15.9. The number of nitrogens with one attached hydrogen (secondary N) is 1. The Kier molecular flexibility index (Phi) is 3.41. The Hall–Kier alpha value is -2.21. The second-order valence-corrected chi connectivity index (χ2v) is 6.66. The van der Waals surface area contributed by atoms with Crippen LogP contribution in [-0.2, 0) is 16.8 Å². The van der Waals surface area contributed by atoms with Gasteiger partial charge < -0.3 is 15.6 Å². The van der Waals surface area contributed by atoms with Crippen molar-refractivity contribution in [2.24, 2.45) is 11.7 Å². The summed E-state index contributed by atoms with van der Waals surface area (Å²) in [6.07, 6.45) is 5.54. The van der Waals surface area contributed by atoms with Crippen LogP contribution in [0.1, 0.15) is 49.4 Å². The maximum absolute atomic E-state index is 11.7. The van der Waals surface area contributed by atoms with Gasteiger partial charge in [-0.15, -0.1) is 0 Å². The number of hydrogen-bond donors (Lipinski definition) is 2. The Morgan fingerprint density at radius 3 is 2.65 bits per heavy atom. The molecule has 0 bridgehead atoms. The molecule has 0 spiro atoms. The molecule has 2 aliphatic rings. The van der Waals surface area contributed by atoms with Crippen LogP contribution in [0.5, 0.6) is 0 Å². The average molecular weight is 312 g/mol. The molecule has 0 saturated heterocycles. The Morgan fingerprint density at radius 2 is 2.04 bits per heavy atom. The van der Waals surface area contributed by atoms with E-state index in [9.17, 15) is 4.79 Å². The van der Waals surface area contributed by atoms with Gasteiger partial charge in [-0.05, 0) is 49.8 Å². The number of anilines is 1. The average Bonchev–Trinajstić information content (AvgIpc) is 3.27. The highest BCUT2D eigenvalue weighted by Gasteiger charge is 2.38. The summed E-state index contributed by atoms with van der Waals surface area (Å²) < 4.78 is 5.31. The number of nitrogens with two attached hydrogens (primary N) is 1. The zero-order valence-electron chi connectivity index (χ0n) is 12.9. The highest BCUT2D eigenvalue weighted by Crippen LogP contribution is 2.37. The van der Waals surface area contributed by atoms with Gasteiger partial charge in [-0.25, -0.2) is 0 Å². The molecular formula is C17H20N4O2. The second kappa shape index (κ2) is 5.45. The number of aromatic nitrogens is 2. The first kappa shape index (κ1) is 14.4. The lowest BCUT2D eigenvalue weighted by Gasteiger charge is -2.34. The van der Waals surface area contributed by atoms with Gasteiger partial charge in [0.25, 0.3) is 0 Å². The van der Waals surface area contributed by atoms with Crippen molar-refractivity contribution in [3.05, 3.63) is 41.5 Å². The highest BCUT2D eigenvalue weighted by atomic mass is 16.5. The molecule has 1 aromatic heterocycles. The monoisotopic (exact) mass is 312 g/mol. The number of benzene rings is 1. The summed E-state index contributed by atoms with van der Waals surface area (Å²) >= 11 is 0. The Labute approximate surface area is 134 Å². The van der Waals surface area contributed by atoms with Crippen molar-refractivity contribution in [1.29, 1.82) is 0 Å². The fraction of sp³-hybridized carbons (Fsp3) is 0.471. The lowest BCUT2D eigenvalue weighted by Crippen LogP contribution is -2.44. The fourth-order valence-corrected chi connectivity index (χ4v) is 2.78. The van der Waals surface area contributed by atoms with Gasteiger partial charge in [0.15, 0.2) is 5.82 Å². The minimum Gasteiger partial charge on any atom is -0.339 e. The number of carbonyl (C=O) groups is 1. The van der Waals surface area contributed by atoms with Gasteiger partial charge in [0.05, 0.1) is 12.0 Å². The van der Waals surface area contributed by atoms with Gasteiger partial charge in [-0.3, -0.25) is 4.79 Å². The van der Waals surface area contributed by atoms with Crippen LogP contribution in [0.25, 0.3) is 0 Å². The number of carbonyl (C=O) groups excluding carboxylic acids is 1. The fourth-order valence-electron chi connectivity index (χ4n) is 2.78. The molecule has 6 nitrogen and oxygen atoms in total. The van der Waals surface area contributed by atoms with Crippen LogP contribution in [0.2, 0.25) is 0 Å². The minimum absolute atomic E-state index is 0.119. The lowest BCUT2D eigenvalue weighted by atomic mass is 9.77. The van der Waals surface area contributed by atoms with E-state index >= 15 is 0 Å². The molecule has 0 atom stereocenters. The first-order chi connectivity index (χ1) is 11.1. The first-order valence-corrected chi connectivity index (χ1v) is 8.14. The van der Waals surface area contributed by atoms with E-state index in [1.54, 1.807) is 0 Å². The molecule has 1 heterocycles. The third kappa shape index (κ3) is 2.99. The van der Waals surface area contributed by atoms with Crippen molar-refractivity contribution in [2.75, 3.05) is 5.32 Å².